The van der Waals surface area contributed by atoms with E-state index in [-0.39, 0.29) is 18.3 Å². The van der Waals surface area contributed by atoms with Crippen molar-refractivity contribution in [1.82, 2.24) is 9.88 Å². The average molecular weight is 455 g/mol. The Balaban J connectivity index is 0.00000272. The molecule has 1 heterocycles. The predicted molar refractivity (Wildman–Crippen MR) is 125 cm³/mol. The molecule has 3 aromatic carbocycles. The molecule has 162 valence electrons. The number of amides is 1. The minimum Gasteiger partial charge on any atom is -1.00 e. The fourth-order valence-corrected chi connectivity index (χ4v) is 4.35. The van der Waals surface area contributed by atoms with Crippen LogP contribution >= 0.6 is 11.3 Å². The molecule has 0 N–H and O–H groups in total. The lowest BCUT2D eigenvalue weighted by Gasteiger charge is -2.22. The van der Waals surface area contributed by atoms with Crippen molar-refractivity contribution in [1.29, 1.82) is 0 Å². The molecule has 0 fully saturated rings. The number of likely N-dealkylation sites (N-methyl/N-ethyl adjacent to an activating group) is 1. The number of halogens is 1. The number of nitrogens with zero attached hydrogens (tertiary/aromatic N) is 3. The van der Waals surface area contributed by atoms with E-state index in [4.69, 9.17) is 9.72 Å². The molecule has 0 aliphatic heterocycles. The van der Waals surface area contributed by atoms with Gasteiger partial charge in [0.05, 0.1) is 16.8 Å². The second kappa shape index (κ2) is 10.1. The standard InChI is InChI=1S/C24H25N3O2S.ClH/c1-4-29-20-11-12-21-22(16-20)30-24(25-21)27(14-13-26(2)3)23(28)19-10-9-17-7-5-6-8-18(17)15-19;/h5-12,15-16H,4,13-14H2,1-3H3;1H/p-1. The monoisotopic (exact) mass is 454 g/mol. The summed E-state index contributed by atoms with van der Waals surface area (Å²) in [5.41, 5.74) is 1.54. The van der Waals surface area contributed by atoms with Gasteiger partial charge in [0.1, 0.15) is 5.75 Å². The van der Waals surface area contributed by atoms with Crippen molar-refractivity contribution in [3.05, 3.63) is 66.2 Å². The highest BCUT2D eigenvalue weighted by Crippen LogP contribution is 2.32. The normalized spacial score (nSPS) is 11.0. The highest BCUT2D eigenvalue weighted by molar-refractivity contribution is 7.22. The number of fused-ring (bicyclic) bond motifs is 2. The number of hydrogen-bond acceptors (Lipinski definition) is 5. The van der Waals surface area contributed by atoms with Gasteiger partial charge in [-0.25, -0.2) is 4.98 Å². The summed E-state index contributed by atoms with van der Waals surface area (Å²) in [4.78, 5) is 22.1. The van der Waals surface area contributed by atoms with E-state index in [0.29, 0.717) is 23.8 Å². The summed E-state index contributed by atoms with van der Waals surface area (Å²) >= 11 is 1.52. The fraction of sp³-hybridized carbons (Fsp3) is 0.250. The van der Waals surface area contributed by atoms with Gasteiger partial charge in [-0.1, -0.05) is 41.7 Å². The van der Waals surface area contributed by atoms with Gasteiger partial charge >= 0.3 is 0 Å². The molecule has 0 aliphatic carbocycles. The molecular formula is C24H25ClN3O2S-. The van der Waals surface area contributed by atoms with E-state index >= 15 is 0 Å². The van der Waals surface area contributed by atoms with E-state index in [9.17, 15) is 4.79 Å². The lowest BCUT2D eigenvalue weighted by Crippen LogP contribution is -3.00. The summed E-state index contributed by atoms with van der Waals surface area (Å²) in [6.07, 6.45) is 0. The number of rotatable bonds is 7. The summed E-state index contributed by atoms with van der Waals surface area (Å²) in [5.74, 6) is 0.785. The first kappa shape index (κ1) is 23.0. The first-order chi connectivity index (χ1) is 14.5. The maximum absolute atomic E-state index is 13.5. The number of aromatic nitrogens is 1. The average Bonchev–Trinajstić information content (AvgIpc) is 3.16. The molecule has 0 bridgehead atoms. The molecule has 0 atom stereocenters. The molecule has 0 saturated carbocycles. The minimum atomic E-state index is -0.0355. The van der Waals surface area contributed by atoms with Gasteiger partial charge in [0.15, 0.2) is 5.13 Å². The van der Waals surface area contributed by atoms with Crippen LogP contribution in [-0.4, -0.2) is 49.6 Å². The van der Waals surface area contributed by atoms with Gasteiger partial charge in [0, 0.05) is 18.7 Å². The number of carbonyl (C=O) groups is 1. The number of hydrogen-bond donors (Lipinski definition) is 0. The highest BCUT2D eigenvalue weighted by Gasteiger charge is 2.22. The number of benzene rings is 3. The Kier molecular flexibility index (Phi) is 7.49. The second-order valence-corrected chi connectivity index (χ2v) is 8.39. The first-order valence-corrected chi connectivity index (χ1v) is 10.9. The Morgan fingerprint density at radius 2 is 1.77 bits per heavy atom. The van der Waals surface area contributed by atoms with Gasteiger partial charge < -0.3 is 22.0 Å². The third-order valence-electron chi connectivity index (χ3n) is 4.90. The largest absolute Gasteiger partial charge is 1.00 e. The summed E-state index contributed by atoms with van der Waals surface area (Å²) in [6.45, 7) is 3.90. The number of carbonyl (C=O) groups excluding carboxylic acids is 1. The Morgan fingerprint density at radius 3 is 2.52 bits per heavy atom. The molecule has 0 unspecified atom stereocenters. The van der Waals surface area contributed by atoms with Crippen LogP contribution in [0.25, 0.3) is 21.0 Å². The molecule has 4 aromatic rings. The Labute approximate surface area is 192 Å². The van der Waals surface area contributed by atoms with Crippen LogP contribution in [0.4, 0.5) is 5.13 Å². The number of ether oxygens (including phenoxy) is 1. The van der Waals surface area contributed by atoms with Crippen LogP contribution in [0.3, 0.4) is 0 Å². The lowest BCUT2D eigenvalue weighted by atomic mass is 10.1. The predicted octanol–water partition coefficient (Wildman–Crippen LogP) is 2.06. The third kappa shape index (κ3) is 5.15. The maximum Gasteiger partial charge on any atom is 0.260 e. The third-order valence-corrected chi connectivity index (χ3v) is 5.94. The minimum absolute atomic E-state index is 0. The van der Waals surface area contributed by atoms with E-state index in [0.717, 1.165) is 33.3 Å². The van der Waals surface area contributed by atoms with Crippen LogP contribution < -0.4 is 22.0 Å². The van der Waals surface area contributed by atoms with E-state index in [1.807, 2.05) is 75.6 Å². The summed E-state index contributed by atoms with van der Waals surface area (Å²) in [5, 5.41) is 2.89. The van der Waals surface area contributed by atoms with Gasteiger partial charge in [0.2, 0.25) is 0 Å². The summed E-state index contributed by atoms with van der Waals surface area (Å²) < 4.78 is 6.62. The molecule has 5 nitrogen and oxygen atoms in total. The first-order valence-electron chi connectivity index (χ1n) is 10.0. The van der Waals surface area contributed by atoms with Gasteiger partial charge in [-0.3, -0.25) is 9.69 Å². The molecule has 0 saturated heterocycles. The van der Waals surface area contributed by atoms with Crippen LogP contribution in [0.2, 0.25) is 0 Å². The summed E-state index contributed by atoms with van der Waals surface area (Å²) in [7, 11) is 4.01. The zero-order valence-corrected chi connectivity index (χ0v) is 19.4. The highest BCUT2D eigenvalue weighted by atomic mass is 35.5. The second-order valence-electron chi connectivity index (χ2n) is 7.38. The molecule has 0 spiro atoms. The molecule has 1 aromatic heterocycles. The SMILES string of the molecule is CCOc1ccc2nc(N(CCN(C)C)C(=O)c3ccc4ccccc4c3)sc2c1.[Cl-]. The zero-order chi connectivity index (χ0) is 21.1. The van der Waals surface area contributed by atoms with Gasteiger partial charge in [-0.2, -0.15) is 0 Å². The van der Waals surface area contributed by atoms with Crippen molar-refractivity contribution in [2.24, 2.45) is 0 Å². The van der Waals surface area contributed by atoms with Gasteiger partial charge in [0.25, 0.3) is 5.91 Å². The Bertz CT molecular complexity index is 1190. The van der Waals surface area contributed by atoms with E-state index in [1.165, 1.54) is 11.3 Å². The molecule has 4 rings (SSSR count). The van der Waals surface area contributed by atoms with Crippen LogP contribution in [0.1, 0.15) is 17.3 Å². The molecule has 1 amide bonds. The van der Waals surface area contributed by atoms with Crippen molar-refractivity contribution in [3.8, 4) is 5.75 Å². The van der Waals surface area contributed by atoms with Crippen molar-refractivity contribution < 1.29 is 21.9 Å². The van der Waals surface area contributed by atoms with E-state index in [2.05, 4.69) is 11.0 Å². The lowest BCUT2D eigenvalue weighted by molar-refractivity contribution is -0.0000143. The fourth-order valence-electron chi connectivity index (χ4n) is 3.33. The molecular weight excluding hydrogens is 430 g/mol. The Morgan fingerprint density at radius 1 is 1.00 bits per heavy atom. The van der Waals surface area contributed by atoms with Gasteiger partial charge in [-0.05, 0) is 62.1 Å². The van der Waals surface area contributed by atoms with E-state index < -0.39 is 0 Å². The smallest absolute Gasteiger partial charge is 0.260 e. The van der Waals surface area contributed by atoms with Crippen LogP contribution in [0.5, 0.6) is 5.75 Å². The molecule has 7 heteroatoms. The Hall–Kier alpha value is -2.67. The number of anilines is 1. The molecule has 0 radical (unpaired) electrons. The van der Waals surface area contributed by atoms with E-state index in [1.54, 1.807) is 4.90 Å². The van der Waals surface area contributed by atoms with Crippen molar-refractivity contribution >= 4 is 43.4 Å². The maximum atomic E-state index is 13.5. The van der Waals surface area contributed by atoms with Crippen molar-refractivity contribution in [3.63, 3.8) is 0 Å². The summed E-state index contributed by atoms with van der Waals surface area (Å²) in [6, 6.07) is 19.8. The van der Waals surface area contributed by atoms with Crippen molar-refractivity contribution in [2.75, 3.05) is 38.7 Å². The molecule has 0 aliphatic rings. The van der Waals surface area contributed by atoms with Crippen LogP contribution in [0.15, 0.2) is 60.7 Å². The topological polar surface area (TPSA) is 45.7 Å². The van der Waals surface area contributed by atoms with Crippen LogP contribution in [0, 0.1) is 0 Å². The number of thiazole rings is 1. The molecule has 31 heavy (non-hydrogen) atoms. The zero-order valence-electron chi connectivity index (χ0n) is 17.8. The van der Waals surface area contributed by atoms with Crippen LogP contribution in [-0.2, 0) is 0 Å². The quantitative estimate of drug-likeness (QED) is 0.429. The van der Waals surface area contributed by atoms with Crippen molar-refractivity contribution in [2.45, 2.75) is 6.92 Å². The van der Waals surface area contributed by atoms with Gasteiger partial charge in [-0.15, -0.1) is 0 Å².